The second kappa shape index (κ2) is 6.42. The summed E-state index contributed by atoms with van der Waals surface area (Å²) in [6.45, 7) is 7.20. The van der Waals surface area contributed by atoms with Crippen LogP contribution in [0.2, 0.25) is 0 Å². The molecule has 0 radical (unpaired) electrons. The summed E-state index contributed by atoms with van der Waals surface area (Å²) in [6.07, 6.45) is -0.224. The van der Waals surface area contributed by atoms with Crippen LogP contribution in [0.4, 0.5) is 0 Å². The Labute approximate surface area is 135 Å². The molecule has 0 aromatic carbocycles. The minimum absolute atomic E-state index is 0.0653. The van der Waals surface area contributed by atoms with Crippen LogP contribution >= 0.6 is 0 Å². The highest BCUT2D eigenvalue weighted by molar-refractivity contribution is 5.92. The zero-order valence-corrected chi connectivity index (χ0v) is 13.6. The normalized spacial score (nSPS) is 18.0. The quantitative estimate of drug-likeness (QED) is 0.848. The Bertz CT molecular complexity index is 712. The van der Waals surface area contributed by atoms with Gasteiger partial charge in [0.1, 0.15) is 17.6 Å². The van der Waals surface area contributed by atoms with Gasteiger partial charge in [0.05, 0.1) is 18.8 Å². The number of aromatic nitrogens is 3. The number of nitrogens with zero attached hydrogens (tertiary/aromatic N) is 4. The van der Waals surface area contributed by atoms with E-state index in [1.54, 1.807) is 11.0 Å². The van der Waals surface area contributed by atoms with Crippen molar-refractivity contribution in [2.75, 3.05) is 19.7 Å². The molecule has 1 atom stereocenters. The predicted octanol–water partition coefficient (Wildman–Crippen LogP) is 2.01. The van der Waals surface area contributed by atoms with Gasteiger partial charge in [0.2, 0.25) is 0 Å². The number of carbonyl (C=O) groups excluding carboxylic acids is 1. The molecule has 1 amide bonds. The predicted molar refractivity (Wildman–Crippen MR) is 85.1 cm³/mol. The molecule has 0 saturated carbocycles. The van der Waals surface area contributed by atoms with Crippen molar-refractivity contribution in [2.24, 2.45) is 0 Å². The van der Waals surface area contributed by atoms with Crippen LogP contribution in [-0.4, -0.2) is 45.5 Å². The molecule has 120 valence electrons. The van der Waals surface area contributed by atoms with Crippen molar-refractivity contribution >= 4 is 5.91 Å². The maximum absolute atomic E-state index is 12.6. The van der Waals surface area contributed by atoms with Gasteiger partial charge in [-0.2, -0.15) is 0 Å². The lowest BCUT2D eigenvalue weighted by molar-refractivity contribution is -0.0250. The lowest BCUT2D eigenvalue weighted by Gasteiger charge is -2.32. The highest BCUT2D eigenvalue weighted by Gasteiger charge is 2.28. The number of rotatable bonds is 2. The fourth-order valence-electron chi connectivity index (χ4n) is 2.75. The third-order valence-corrected chi connectivity index (χ3v) is 3.78. The van der Waals surface area contributed by atoms with E-state index in [-0.39, 0.29) is 12.0 Å². The molecule has 1 aliphatic heterocycles. The van der Waals surface area contributed by atoms with Gasteiger partial charge in [-0.15, -0.1) is 0 Å². The molecule has 0 bridgehead atoms. The molecule has 0 aliphatic carbocycles. The fraction of sp³-hybridized carbons (Fsp3) is 0.412. The Morgan fingerprint density at radius 3 is 2.74 bits per heavy atom. The largest absolute Gasteiger partial charge is 0.368 e. The Kier molecular flexibility index (Phi) is 4.34. The second-order valence-corrected chi connectivity index (χ2v) is 5.76. The van der Waals surface area contributed by atoms with Crippen molar-refractivity contribution in [1.29, 1.82) is 0 Å². The van der Waals surface area contributed by atoms with Crippen LogP contribution in [0.25, 0.3) is 0 Å². The van der Waals surface area contributed by atoms with E-state index in [4.69, 9.17) is 4.74 Å². The van der Waals surface area contributed by atoms with Gasteiger partial charge in [0.25, 0.3) is 5.91 Å². The molecule has 2 aromatic heterocycles. The van der Waals surface area contributed by atoms with E-state index in [0.29, 0.717) is 31.2 Å². The van der Waals surface area contributed by atoms with E-state index in [9.17, 15) is 4.79 Å². The first-order valence-corrected chi connectivity index (χ1v) is 7.69. The summed E-state index contributed by atoms with van der Waals surface area (Å²) >= 11 is 0. The van der Waals surface area contributed by atoms with Crippen LogP contribution < -0.4 is 0 Å². The highest BCUT2D eigenvalue weighted by Crippen LogP contribution is 2.22. The maximum Gasteiger partial charge on any atom is 0.272 e. The molecule has 3 heterocycles. The van der Waals surface area contributed by atoms with Crippen molar-refractivity contribution < 1.29 is 9.53 Å². The number of hydrogen-bond donors (Lipinski definition) is 0. The number of carbonyl (C=O) groups is 1. The van der Waals surface area contributed by atoms with Gasteiger partial charge in [-0.1, -0.05) is 6.07 Å². The molecular weight excluding hydrogens is 292 g/mol. The molecule has 6 nitrogen and oxygen atoms in total. The number of ether oxygens (including phenoxy) is 1. The molecular formula is C17H20N4O2. The van der Waals surface area contributed by atoms with E-state index in [1.165, 1.54) is 0 Å². The zero-order chi connectivity index (χ0) is 16.4. The van der Waals surface area contributed by atoms with E-state index >= 15 is 0 Å². The van der Waals surface area contributed by atoms with E-state index in [2.05, 4.69) is 15.0 Å². The summed E-state index contributed by atoms with van der Waals surface area (Å²) in [5.74, 6) is 0.650. The number of amides is 1. The van der Waals surface area contributed by atoms with Gasteiger partial charge in [0.15, 0.2) is 0 Å². The zero-order valence-electron chi connectivity index (χ0n) is 13.6. The number of pyridine rings is 1. The van der Waals surface area contributed by atoms with Crippen LogP contribution in [0.5, 0.6) is 0 Å². The first kappa shape index (κ1) is 15.6. The molecule has 1 fully saturated rings. The van der Waals surface area contributed by atoms with Crippen molar-refractivity contribution in [1.82, 2.24) is 19.9 Å². The molecule has 1 aliphatic rings. The molecule has 6 heteroatoms. The smallest absolute Gasteiger partial charge is 0.272 e. The first-order valence-electron chi connectivity index (χ1n) is 7.69. The average molecular weight is 312 g/mol. The number of aryl methyl sites for hydroxylation is 3. The summed E-state index contributed by atoms with van der Waals surface area (Å²) in [5.41, 5.74) is 3.04. The van der Waals surface area contributed by atoms with Gasteiger partial charge in [-0.05, 0) is 39.0 Å². The summed E-state index contributed by atoms with van der Waals surface area (Å²) < 4.78 is 5.81. The van der Waals surface area contributed by atoms with Crippen molar-refractivity contribution in [3.8, 4) is 0 Å². The van der Waals surface area contributed by atoms with Crippen LogP contribution in [0.15, 0.2) is 24.3 Å². The minimum Gasteiger partial charge on any atom is -0.368 e. The molecule has 23 heavy (non-hydrogen) atoms. The third-order valence-electron chi connectivity index (χ3n) is 3.78. The monoisotopic (exact) mass is 312 g/mol. The van der Waals surface area contributed by atoms with Crippen molar-refractivity contribution in [3.63, 3.8) is 0 Å². The maximum atomic E-state index is 12.6. The molecule has 2 aromatic rings. The summed E-state index contributed by atoms with van der Waals surface area (Å²) in [4.78, 5) is 27.5. The number of hydrogen-bond acceptors (Lipinski definition) is 5. The van der Waals surface area contributed by atoms with E-state index in [1.807, 2.05) is 39.0 Å². The van der Waals surface area contributed by atoms with Gasteiger partial charge in [-0.3, -0.25) is 4.79 Å². The van der Waals surface area contributed by atoms with Gasteiger partial charge < -0.3 is 9.64 Å². The number of morpholine rings is 1. The summed E-state index contributed by atoms with van der Waals surface area (Å²) in [7, 11) is 0. The topological polar surface area (TPSA) is 68.2 Å². The van der Waals surface area contributed by atoms with Crippen LogP contribution in [0.1, 0.15) is 39.5 Å². The van der Waals surface area contributed by atoms with Crippen LogP contribution in [0.3, 0.4) is 0 Å². The van der Waals surface area contributed by atoms with Crippen molar-refractivity contribution in [2.45, 2.75) is 26.9 Å². The van der Waals surface area contributed by atoms with E-state index < -0.39 is 0 Å². The fourth-order valence-corrected chi connectivity index (χ4v) is 2.75. The molecule has 1 saturated heterocycles. The average Bonchev–Trinajstić information content (AvgIpc) is 2.53. The lowest BCUT2D eigenvalue weighted by atomic mass is 10.1. The standard InChI is InChI=1S/C17H20N4O2/c1-11-5-4-6-14(19-11)17(22)21-7-8-23-16(10-21)15-9-12(2)18-13(3)20-15/h4-6,9,16H,7-8,10H2,1-3H3/t16-/m0/s1. The SMILES string of the molecule is Cc1cccc(C(=O)N2CCO[C@H](c3cc(C)nc(C)n3)C2)n1. The van der Waals surface area contributed by atoms with Gasteiger partial charge in [-0.25, -0.2) is 15.0 Å². The van der Waals surface area contributed by atoms with Gasteiger partial charge >= 0.3 is 0 Å². The van der Waals surface area contributed by atoms with Crippen LogP contribution in [0, 0.1) is 20.8 Å². The first-order chi connectivity index (χ1) is 11.0. The minimum atomic E-state index is -0.224. The molecule has 0 spiro atoms. The Morgan fingerprint density at radius 1 is 1.17 bits per heavy atom. The second-order valence-electron chi connectivity index (χ2n) is 5.76. The lowest BCUT2D eigenvalue weighted by Crippen LogP contribution is -2.42. The Balaban J connectivity index is 1.79. The van der Waals surface area contributed by atoms with Gasteiger partial charge in [0, 0.05) is 17.9 Å². The van der Waals surface area contributed by atoms with E-state index in [0.717, 1.165) is 17.1 Å². The Morgan fingerprint density at radius 2 is 2.00 bits per heavy atom. The highest BCUT2D eigenvalue weighted by atomic mass is 16.5. The molecule has 0 unspecified atom stereocenters. The summed E-state index contributed by atoms with van der Waals surface area (Å²) in [5, 5.41) is 0. The molecule has 3 rings (SSSR count). The Hall–Kier alpha value is -2.34. The third kappa shape index (κ3) is 3.53. The molecule has 0 N–H and O–H groups in total. The van der Waals surface area contributed by atoms with Crippen molar-refractivity contribution in [3.05, 3.63) is 52.9 Å². The summed E-state index contributed by atoms with van der Waals surface area (Å²) in [6, 6.07) is 7.39. The van der Waals surface area contributed by atoms with Crippen LogP contribution in [-0.2, 0) is 4.74 Å².